The maximum atomic E-state index is 11.6. The van der Waals surface area contributed by atoms with Gasteiger partial charge in [-0.3, -0.25) is 14.7 Å². The van der Waals surface area contributed by atoms with E-state index in [9.17, 15) is 4.79 Å². The Kier molecular flexibility index (Phi) is 5.28. The first-order valence-electron chi connectivity index (χ1n) is 8.71. The fourth-order valence-electron chi connectivity index (χ4n) is 3.64. The predicted molar refractivity (Wildman–Crippen MR) is 91.1 cm³/mol. The van der Waals surface area contributed by atoms with Crippen molar-refractivity contribution in [2.75, 3.05) is 46.3 Å². The Morgan fingerprint density at radius 3 is 2.65 bits per heavy atom. The number of rotatable bonds is 4. The quantitative estimate of drug-likeness (QED) is 0.841. The van der Waals surface area contributed by atoms with E-state index in [4.69, 9.17) is 0 Å². The molecule has 1 aromatic rings. The molecule has 1 amide bonds. The molecule has 3 heterocycles. The van der Waals surface area contributed by atoms with Gasteiger partial charge in [0.05, 0.1) is 5.69 Å². The number of amides is 1. The lowest BCUT2D eigenvalue weighted by molar-refractivity contribution is -0.133. The van der Waals surface area contributed by atoms with Crippen LogP contribution in [0, 0.1) is 12.8 Å². The van der Waals surface area contributed by atoms with Gasteiger partial charge in [-0.15, -0.1) is 0 Å². The molecule has 0 spiro atoms. The standard InChI is InChI=1S/C18H28N4O/c1-15-4-3-7-19-17(15)14-22-10-8-21(9-11-22)13-16-5-6-18(23)20(2)12-16/h3-4,7,16H,5-6,8-14H2,1-2H3. The van der Waals surface area contributed by atoms with Gasteiger partial charge in [0.15, 0.2) is 0 Å². The normalized spacial score (nSPS) is 24.2. The van der Waals surface area contributed by atoms with Gasteiger partial charge in [0.25, 0.3) is 0 Å². The minimum Gasteiger partial charge on any atom is -0.345 e. The zero-order valence-electron chi connectivity index (χ0n) is 14.4. The van der Waals surface area contributed by atoms with E-state index in [-0.39, 0.29) is 0 Å². The van der Waals surface area contributed by atoms with Crippen LogP contribution in [0.5, 0.6) is 0 Å². The summed E-state index contributed by atoms with van der Waals surface area (Å²) in [4.78, 5) is 23.0. The van der Waals surface area contributed by atoms with Gasteiger partial charge >= 0.3 is 0 Å². The fraction of sp³-hybridized carbons (Fsp3) is 0.667. The first-order chi connectivity index (χ1) is 11.1. The van der Waals surface area contributed by atoms with Crippen LogP contribution in [-0.4, -0.2) is 71.9 Å². The van der Waals surface area contributed by atoms with Gasteiger partial charge in [-0.25, -0.2) is 0 Å². The van der Waals surface area contributed by atoms with Crippen LogP contribution in [0.1, 0.15) is 24.1 Å². The average molecular weight is 316 g/mol. The summed E-state index contributed by atoms with van der Waals surface area (Å²) in [6.45, 7) is 9.62. The van der Waals surface area contributed by atoms with Gasteiger partial charge in [0, 0.05) is 65.5 Å². The van der Waals surface area contributed by atoms with Crippen LogP contribution >= 0.6 is 0 Å². The highest BCUT2D eigenvalue weighted by molar-refractivity contribution is 5.76. The lowest BCUT2D eigenvalue weighted by Crippen LogP contribution is -2.49. The van der Waals surface area contributed by atoms with E-state index in [0.29, 0.717) is 11.8 Å². The molecule has 2 saturated heterocycles. The summed E-state index contributed by atoms with van der Waals surface area (Å²) >= 11 is 0. The largest absolute Gasteiger partial charge is 0.345 e. The Bertz CT molecular complexity index is 540. The number of carbonyl (C=O) groups excluding carboxylic acids is 1. The van der Waals surface area contributed by atoms with Crippen molar-refractivity contribution in [2.45, 2.75) is 26.3 Å². The molecule has 1 atom stereocenters. The number of likely N-dealkylation sites (tertiary alicyclic amines) is 1. The van der Waals surface area contributed by atoms with Crippen LogP contribution < -0.4 is 0 Å². The monoisotopic (exact) mass is 316 g/mol. The van der Waals surface area contributed by atoms with Crippen LogP contribution in [-0.2, 0) is 11.3 Å². The second kappa shape index (κ2) is 7.41. The Balaban J connectivity index is 1.44. The fourth-order valence-corrected chi connectivity index (χ4v) is 3.64. The lowest BCUT2D eigenvalue weighted by Gasteiger charge is -2.38. The minimum absolute atomic E-state index is 0.303. The van der Waals surface area contributed by atoms with E-state index in [1.54, 1.807) is 0 Å². The van der Waals surface area contributed by atoms with Crippen molar-refractivity contribution in [3.05, 3.63) is 29.6 Å². The molecule has 2 aliphatic rings. The van der Waals surface area contributed by atoms with Crippen molar-refractivity contribution < 1.29 is 4.79 Å². The summed E-state index contributed by atoms with van der Waals surface area (Å²) in [5.74, 6) is 0.944. The molecule has 2 fully saturated rings. The van der Waals surface area contributed by atoms with Crippen LogP contribution in [0.25, 0.3) is 0 Å². The van der Waals surface area contributed by atoms with E-state index >= 15 is 0 Å². The van der Waals surface area contributed by atoms with Crippen molar-refractivity contribution in [3.63, 3.8) is 0 Å². The van der Waals surface area contributed by atoms with Crippen molar-refractivity contribution in [1.82, 2.24) is 19.7 Å². The molecule has 23 heavy (non-hydrogen) atoms. The molecule has 0 N–H and O–H groups in total. The maximum Gasteiger partial charge on any atom is 0.222 e. The Morgan fingerprint density at radius 2 is 1.96 bits per heavy atom. The number of pyridine rings is 1. The molecular formula is C18H28N4O. The third-order valence-corrected chi connectivity index (χ3v) is 5.20. The highest BCUT2D eigenvalue weighted by Gasteiger charge is 2.26. The second-order valence-corrected chi connectivity index (χ2v) is 7.02. The van der Waals surface area contributed by atoms with Crippen molar-refractivity contribution in [1.29, 1.82) is 0 Å². The van der Waals surface area contributed by atoms with Gasteiger partial charge in [-0.1, -0.05) is 6.07 Å². The lowest BCUT2D eigenvalue weighted by atomic mass is 9.97. The van der Waals surface area contributed by atoms with E-state index in [1.165, 1.54) is 11.3 Å². The van der Waals surface area contributed by atoms with Crippen LogP contribution in [0.15, 0.2) is 18.3 Å². The number of aromatic nitrogens is 1. The molecule has 1 unspecified atom stereocenters. The number of hydrogen-bond donors (Lipinski definition) is 0. The van der Waals surface area contributed by atoms with E-state index < -0.39 is 0 Å². The zero-order chi connectivity index (χ0) is 16.2. The maximum absolute atomic E-state index is 11.6. The molecule has 0 saturated carbocycles. The number of carbonyl (C=O) groups is 1. The van der Waals surface area contributed by atoms with Gasteiger partial charge in [-0.2, -0.15) is 0 Å². The zero-order valence-corrected chi connectivity index (χ0v) is 14.4. The smallest absolute Gasteiger partial charge is 0.222 e. The number of hydrogen-bond acceptors (Lipinski definition) is 4. The van der Waals surface area contributed by atoms with Gasteiger partial charge in [0.2, 0.25) is 5.91 Å². The van der Waals surface area contributed by atoms with Gasteiger partial charge < -0.3 is 9.80 Å². The summed E-state index contributed by atoms with van der Waals surface area (Å²) in [5.41, 5.74) is 2.48. The van der Waals surface area contributed by atoms with Crippen molar-refractivity contribution in [3.8, 4) is 0 Å². The third-order valence-electron chi connectivity index (χ3n) is 5.20. The molecule has 0 bridgehead atoms. The highest BCUT2D eigenvalue weighted by Crippen LogP contribution is 2.18. The summed E-state index contributed by atoms with van der Waals surface area (Å²) in [7, 11) is 1.93. The Labute approximate surface area is 139 Å². The molecular weight excluding hydrogens is 288 g/mol. The topological polar surface area (TPSA) is 39.7 Å². The molecule has 1 aromatic heterocycles. The number of aryl methyl sites for hydroxylation is 1. The molecule has 0 aliphatic carbocycles. The van der Waals surface area contributed by atoms with Crippen LogP contribution in [0.4, 0.5) is 0 Å². The van der Waals surface area contributed by atoms with Gasteiger partial charge in [0.1, 0.15) is 0 Å². The molecule has 5 nitrogen and oxygen atoms in total. The number of nitrogens with zero attached hydrogens (tertiary/aromatic N) is 4. The first-order valence-corrected chi connectivity index (χ1v) is 8.71. The number of piperidine rings is 1. The average Bonchev–Trinajstić information content (AvgIpc) is 2.55. The van der Waals surface area contributed by atoms with Crippen molar-refractivity contribution in [2.24, 2.45) is 5.92 Å². The molecule has 0 aromatic carbocycles. The van der Waals surface area contributed by atoms with Gasteiger partial charge in [-0.05, 0) is 30.9 Å². The molecule has 2 aliphatic heterocycles. The summed E-state index contributed by atoms with van der Waals surface area (Å²) < 4.78 is 0. The summed E-state index contributed by atoms with van der Waals surface area (Å²) in [6, 6.07) is 4.14. The highest BCUT2D eigenvalue weighted by atomic mass is 16.2. The molecule has 0 radical (unpaired) electrons. The van der Waals surface area contributed by atoms with E-state index in [0.717, 1.165) is 58.7 Å². The number of piperazine rings is 1. The summed E-state index contributed by atoms with van der Waals surface area (Å²) in [6.07, 6.45) is 3.66. The SMILES string of the molecule is Cc1cccnc1CN1CCN(CC2CCC(=O)N(C)C2)CC1. The van der Waals surface area contributed by atoms with E-state index in [2.05, 4.69) is 27.8 Å². The Morgan fingerprint density at radius 1 is 1.22 bits per heavy atom. The Hall–Kier alpha value is -1.46. The molecule has 126 valence electrons. The minimum atomic E-state index is 0.303. The first kappa shape index (κ1) is 16.4. The second-order valence-electron chi connectivity index (χ2n) is 7.02. The third kappa shape index (κ3) is 4.30. The van der Waals surface area contributed by atoms with Crippen LogP contribution in [0.2, 0.25) is 0 Å². The predicted octanol–water partition coefficient (Wildman–Crippen LogP) is 1.38. The van der Waals surface area contributed by atoms with Crippen molar-refractivity contribution >= 4 is 5.91 Å². The summed E-state index contributed by atoms with van der Waals surface area (Å²) in [5, 5.41) is 0. The molecule has 5 heteroatoms. The van der Waals surface area contributed by atoms with Crippen LogP contribution in [0.3, 0.4) is 0 Å². The van der Waals surface area contributed by atoms with E-state index in [1.807, 2.05) is 24.2 Å². The molecule has 3 rings (SSSR count).